The number of benzene rings is 1. The molecule has 12 heteroatoms. The van der Waals surface area contributed by atoms with Gasteiger partial charge in [-0.05, 0) is 18.2 Å². The second-order valence-electron chi connectivity index (χ2n) is 7.48. The van der Waals surface area contributed by atoms with Crippen molar-refractivity contribution >= 4 is 53.4 Å². The van der Waals surface area contributed by atoms with Gasteiger partial charge in [0.05, 0.1) is 29.6 Å². The highest BCUT2D eigenvalue weighted by atomic mass is 35.5. The van der Waals surface area contributed by atoms with Crippen molar-refractivity contribution in [2.75, 3.05) is 11.4 Å². The number of imidazole rings is 1. The molecule has 1 atom stereocenters. The highest BCUT2D eigenvalue weighted by molar-refractivity contribution is 7.59. The summed E-state index contributed by atoms with van der Waals surface area (Å²) in [6, 6.07) is 10.3. The van der Waals surface area contributed by atoms with Crippen molar-refractivity contribution in [2.24, 2.45) is 0 Å². The van der Waals surface area contributed by atoms with Crippen LogP contribution in [0.25, 0.3) is 22.4 Å². The number of nitrogens with one attached hydrogen (secondary N) is 1. The zero-order valence-corrected chi connectivity index (χ0v) is 18.8. The van der Waals surface area contributed by atoms with E-state index >= 15 is 0 Å². The monoisotopic (exact) mass is 496 g/mol. The maximum Gasteiger partial charge on any atom is 0.284 e. The van der Waals surface area contributed by atoms with Gasteiger partial charge >= 0.3 is 0 Å². The Morgan fingerprint density at radius 1 is 1.06 bits per heavy atom. The van der Waals surface area contributed by atoms with Gasteiger partial charge in [-0.1, -0.05) is 37.2 Å². The first-order chi connectivity index (χ1) is 15.6. The van der Waals surface area contributed by atoms with E-state index in [-0.39, 0.29) is 50.7 Å². The number of anilines is 1. The van der Waals surface area contributed by atoms with Crippen molar-refractivity contribution in [3.8, 4) is 5.69 Å². The Kier molecular flexibility index (Phi) is 6.15. The van der Waals surface area contributed by atoms with Gasteiger partial charge in [0.25, 0.3) is 5.56 Å². The molecule has 1 fully saturated rings. The summed E-state index contributed by atoms with van der Waals surface area (Å²) in [6.45, 7) is 0.130. The Morgan fingerprint density at radius 3 is 2.65 bits per heavy atom. The fourth-order valence-corrected chi connectivity index (χ4v) is 4.43. The number of fused-ring (bicyclic) bond motifs is 2. The number of para-hydroxylation sites is 1. The zero-order chi connectivity index (χ0) is 21.8. The molecule has 4 aromatic heterocycles. The van der Waals surface area contributed by atoms with Gasteiger partial charge < -0.3 is 9.88 Å². The molecule has 0 aliphatic carbocycles. The highest BCUT2D eigenvalue weighted by Gasteiger charge is 2.38. The Hall–Kier alpha value is -3.70. The third kappa shape index (κ3) is 3.53. The van der Waals surface area contributed by atoms with Crippen LogP contribution in [0.5, 0.6) is 0 Å². The zero-order valence-electron chi connectivity index (χ0n) is 17.0. The number of halogens is 1. The van der Waals surface area contributed by atoms with Gasteiger partial charge in [-0.3, -0.25) is 14.2 Å². The van der Waals surface area contributed by atoms with Crippen molar-refractivity contribution in [1.29, 1.82) is 0 Å². The first-order valence-electron chi connectivity index (χ1n) is 9.89. The lowest BCUT2D eigenvalue weighted by Gasteiger charge is -2.26. The van der Waals surface area contributed by atoms with Crippen LogP contribution in [0.4, 0.5) is 5.82 Å². The first kappa shape index (κ1) is 23.5. The first-order valence-corrected chi connectivity index (χ1v) is 10.3. The number of aromatic nitrogens is 7. The molecule has 5 heterocycles. The number of rotatable bonds is 3. The summed E-state index contributed by atoms with van der Waals surface area (Å²) >= 11 is 6.28. The van der Waals surface area contributed by atoms with E-state index in [1.165, 1.54) is 21.7 Å². The standard InChI is InChI=1S/C21H15ClN8O2.CH4.H2S/c22-14-6-7-29-17(14)21(32)30(12-4-2-1-3-5-12)19(27-29)15-8-13(31)9-28(15)20-16-18(24-10-23-16)25-11-26-20;;/h1-7,10-11,15H,8-9H2,(H,23,24,25,26);1H4;1H2/t15-;;/m0../s1. The summed E-state index contributed by atoms with van der Waals surface area (Å²) in [4.78, 5) is 43.8. The predicted octanol–water partition coefficient (Wildman–Crippen LogP) is 3.07. The molecule has 1 N–H and O–H groups in total. The fourth-order valence-electron chi connectivity index (χ4n) is 4.20. The molecule has 5 aromatic rings. The van der Waals surface area contributed by atoms with Gasteiger partial charge in [-0.2, -0.15) is 18.6 Å². The lowest BCUT2D eigenvalue weighted by molar-refractivity contribution is -0.116. The summed E-state index contributed by atoms with van der Waals surface area (Å²) in [5.74, 6) is 0.960. The number of H-pyrrole nitrogens is 1. The van der Waals surface area contributed by atoms with Gasteiger partial charge in [0, 0.05) is 12.6 Å². The van der Waals surface area contributed by atoms with Crippen molar-refractivity contribution in [3.05, 3.63) is 76.5 Å². The number of aromatic amines is 1. The molecule has 6 rings (SSSR count). The maximum absolute atomic E-state index is 13.6. The van der Waals surface area contributed by atoms with E-state index in [9.17, 15) is 9.59 Å². The molecule has 0 amide bonds. The van der Waals surface area contributed by atoms with Crippen molar-refractivity contribution < 1.29 is 4.79 Å². The van der Waals surface area contributed by atoms with E-state index in [4.69, 9.17) is 16.7 Å². The summed E-state index contributed by atoms with van der Waals surface area (Å²) in [7, 11) is 0. The minimum atomic E-state index is -0.526. The van der Waals surface area contributed by atoms with Crippen molar-refractivity contribution in [3.63, 3.8) is 0 Å². The van der Waals surface area contributed by atoms with Crippen LogP contribution in [-0.2, 0) is 4.79 Å². The molecule has 10 nitrogen and oxygen atoms in total. The SMILES string of the molecule is C.O=C1C[C@@H](c2nn3ccc(Cl)c3c(=O)n2-c2ccccc2)N(c2ncnc3nc[nH]c23)C1.S. The molecule has 1 aliphatic heterocycles. The minimum absolute atomic E-state index is 0. The third-order valence-corrected chi connectivity index (χ3v) is 5.90. The summed E-state index contributed by atoms with van der Waals surface area (Å²) in [5, 5.41) is 5.04. The average Bonchev–Trinajstić information content (AvgIpc) is 3.52. The summed E-state index contributed by atoms with van der Waals surface area (Å²) in [5.41, 5.74) is 1.70. The summed E-state index contributed by atoms with van der Waals surface area (Å²) in [6.07, 6.45) is 4.75. The van der Waals surface area contributed by atoms with E-state index in [1.54, 1.807) is 12.3 Å². The Balaban J connectivity index is 0.00000137. The molecule has 0 unspecified atom stereocenters. The van der Waals surface area contributed by atoms with Gasteiger partial charge in [-0.15, -0.1) is 0 Å². The Bertz CT molecular complexity index is 1560. The van der Waals surface area contributed by atoms with E-state index in [2.05, 4.69) is 19.9 Å². The van der Waals surface area contributed by atoms with Crippen LogP contribution in [-0.4, -0.2) is 46.4 Å². The van der Waals surface area contributed by atoms with Crippen LogP contribution in [0.1, 0.15) is 25.7 Å². The molecular weight excluding hydrogens is 476 g/mol. The van der Waals surface area contributed by atoms with Crippen molar-refractivity contribution in [1.82, 2.24) is 34.1 Å². The topological polar surface area (TPSA) is 114 Å². The van der Waals surface area contributed by atoms with Crippen LogP contribution in [0.3, 0.4) is 0 Å². The fraction of sp³-hybridized carbons (Fsp3) is 0.182. The van der Waals surface area contributed by atoms with Gasteiger partial charge in [-0.25, -0.2) is 19.5 Å². The van der Waals surface area contributed by atoms with Gasteiger partial charge in [0.1, 0.15) is 17.4 Å². The molecule has 174 valence electrons. The van der Waals surface area contributed by atoms with E-state index < -0.39 is 6.04 Å². The van der Waals surface area contributed by atoms with Crippen LogP contribution < -0.4 is 10.5 Å². The molecule has 1 aromatic carbocycles. The molecular formula is C22H21ClN8O2S. The number of carbonyl (C=O) groups is 1. The average molecular weight is 497 g/mol. The minimum Gasteiger partial charge on any atom is -0.340 e. The summed E-state index contributed by atoms with van der Waals surface area (Å²) < 4.78 is 2.98. The van der Waals surface area contributed by atoms with E-state index in [1.807, 2.05) is 35.2 Å². The second-order valence-corrected chi connectivity index (χ2v) is 7.88. The number of hydrogen-bond donors (Lipinski definition) is 1. The van der Waals surface area contributed by atoms with Crippen LogP contribution in [0, 0.1) is 0 Å². The van der Waals surface area contributed by atoms with Gasteiger partial charge in [0.15, 0.2) is 23.1 Å². The number of Topliss-reactive ketones (excluding diaryl/α,β-unsaturated/α-hetero) is 1. The lowest BCUT2D eigenvalue weighted by Crippen LogP contribution is -2.33. The molecule has 1 saturated heterocycles. The normalized spacial score (nSPS) is 15.5. The molecule has 0 saturated carbocycles. The number of ketones is 1. The highest BCUT2D eigenvalue weighted by Crippen LogP contribution is 2.35. The number of nitrogens with zero attached hydrogens (tertiary/aromatic N) is 7. The second kappa shape index (κ2) is 8.92. The van der Waals surface area contributed by atoms with Crippen LogP contribution in [0.2, 0.25) is 5.02 Å². The predicted molar refractivity (Wildman–Crippen MR) is 134 cm³/mol. The van der Waals surface area contributed by atoms with Crippen LogP contribution in [0.15, 0.2) is 60.0 Å². The van der Waals surface area contributed by atoms with E-state index in [0.29, 0.717) is 33.5 Å². The van der Waals surface area contributed by atoms with E-state index in [0.717, 1.165) is 0 Å². The molecule has 0 bridgehead atoms. The molecule has 1 aliphatic rings. The van der Waals surface area contributed by atoms with Crippen LogP contribution >= 0.6 is 25.1 Å². The molecule has 0 spiro atoms. The third-order valence-electron chi connectivity index (χ3n) is 5.59. The van der Waals surface area contributed by atoms with Crippen molar-refractivity contribution in [2.45, 2.75) is 19.9 Å². The number of carbonyl (C=O) groups excluding carboxylic acids is 1. The largest absolute Gasteiger partial charge is 0.340 e. The maximum atomic E-state index is 13.6. The molecule has 0 radical (unpaired) electrons. The lowest BCUT2D eigenvalue weighted by atomic mass is 10.2. The number of hydrogen-bond acceptors (Lipinski definition) is 7. The Labute approximate surface area is 205 Å². The quantitative estimate of drug-likeness (QED) is 0.408. The van der Waals surface area contributed by atoms with Gasteiger partial charge in [0.2, 0.25) is 0 Å². The Morgan fingerprint density at radius 2 is 1.85 bits per heavy atom. The smallest absolute Gasteiger partial charge is 0.284 e. The molecule has 34 heavy (non-hydrogen) atoms.